The molecule has 0 fully saturated rings. The first-order chi connectivity index (χ1) is 19.3. The number of carbonyl (C=O) groups is 2. The number of aromatic nitrogens is 2. The van der Waals surface area contributed by atoms with Gasteiger partial charge in [0.2, 0.25) is 5.91 Å². The second kappa shape index (κ2) is 11.5. The monoisotopic (exact) mass is 555 g/mol. The molecule has 0 spiro atoms. The van der Waals surface area contributed by atoms with E-state index in [1.807, 2.05) is 30.3 Å². The zero-order chi connectivity index (χ0) is 29.9. The first kappa shape index (κ1) is 29.5. The van der Waals surface area contributed by atoms with E-state index in [9.17, 15) is 14.4 Å². The Morgan fingerprint density at radius 2 is 1.68 bits per heavy atom. The standard InChI is InChI=1S/C32H37N5O4/c1-20-24(34-27(38)21-11-13-22(14-12-21)31(2,3)4)15-16-25-26(20)28(39)41-30(35-25)36-32(5,6)29(40)37(7)19-17-23-10-8-9-18-33-23/h8-16,18H,17,19H2,1-7H3,(H,34,38)(H,35,36). The van der Waals surface area contributed by atoms with E-state index >= 15 is 0 Å². The lowest BCUT2D eigenvalue weighted by Crippen LogP contribution is -2.49. The topological polar surface area (TPSA) is 117 Å². The van der Waals surface area contributed by atoms with Crippen LogP contribution in [-0.2, 0) is 16.6 Å². The van der Waals surface area contributed by atoms with Crippen LogP contribution in [0.1, 0.15) is 61.8 Å². The number of fused-ring (bicyclic) bond motifs is 1. The van der Waals surface area contributed by atoms with Gasteiger partial charge in [0.05, 0.1) is 10.9 Å². The van der Waals surface area contributed by atoms with Crippen LogP contribution in [0.3, 0.4) is 0 Å². The van der Waals surface area contributed by atoms with Crippen LogP contribution in [0, 0.1) is 6.92 Å². The van der Waals surface area contributed by atoms with Crippen LogP contribution in [0.15, 0.2) is 70.0 Å². The number of nitrogens with one attached hydrogen (secondary N) is 2. The van der Waals surface area contributed by atoms with Crippen LogP contribution < -0.4 is 16.3 Å². The number of carbonyl (C=O) groups excluding carboxylic acids is 2. The number of amides is 2. The van der Waals surface area contributed by atoms with Crippen molar-refractivity contribution in [3.05, 3.63) is 93.6 Å². The quantitative estimate of drug-likeness (QED) is 0.302. The molecular formula is C32H37N5O4. The maximum Gasteiger partial charge on any atom is 0.348 e. The van der Waals surface area contributed by atoms with Crippen LogP contribution in [0.2, 0.25) is 0 Å². The van der Waals surface area contributed by atoms with Gasteiger partial charge in [0.1, 0.15) is 5.54 Å². The van der Waals surface area contributed by atoms with E-state index in [2.05, 4.69) is 41.4 Å². The van der Waals surface area contributed by atoms with Gasteiger partial charge in [0, 0.05) is 43.2 Å². The molecule has 2 aromatic heterocycles. The van der Waals surface area contributed by atoms with E-state index in [1.165, 1.54) is 0 Å². The van der Waals surface area contributed by atoms with Gasteiger partial charge in [-0.25, -0.2) is 4.79 Å². The zero-order valence-corrected chi connectivity index (χ0v) is 24.7. The van der Waals surface area contributed by atoms with Crippen molar-refractivity contribution in [2.45, 2.75) is 58.9 Å². The minimum Gasteiger partial charge on any atom is -0.389 e. The van der Waals surface area contributed by atoms with Gasteiger partial charge < -0.3 is 20.0 Å². The number of likely N-dealkylation sites (N-methyl/N-ethyl adjacent to an activating group) is 1. The molecule has 4 rings (SSSR count). The predicted molar refractivity (Wildman–Crippen MR) is 161 cm³/mol. The largest absolute Gasteiger partial charge is 0.389 e. The molecule has 41 heavy (non-hydrogen) atoms. The van der Waals surface area contributed by atoms with Gasteiger partial charge in [-0.2, -0.15) is 4.98 Å². The third-order valence-corrected chi connectivity index (χ3v) is 7.05. The summed E-state index contributed by atoms with van der Waals surface area (Å²) in [4.78, 5) is 49.5. The Morgan fingerprint density at radius 3 is 2.32 bits per heavy atom. The first-order valence-corrected chi connectivity index (χ1v) is 13.6. The molecule has 0 unspecified atom stereocenters. The van der Waals surface area contributed by atoms with E-state index in [1.54, 1.807) is 63.2 Å². The summed E-state index contributed by atoms with van der Waals surface area (Å²) in [6.07, 6.45) is 2.34. The number of anilines is 2. The lowest BCUT2D eigenvalue weighted by atomic mass is 9.86. The molecule has 0 saturated carbocycles. The van der Waals surface area contributed by atoms with Crippen LogP contribution in [0.4, 0.5) is 11.7 Å². The van der Waals surface area contributed by atoms with Crippen molar-refractivity contribution in [1.29, 1.82) is 0 Å². The Balaban J connectivity index is 1.49. The molecule has 0 aliphatic carbocycles. The number of nitrogens with zero attached hydrogens (tertiary/aromatic N) is 3. The fraction of sp³-hybridized carbons (Fsp3) is 0.344. The van der Waals surface area contributed by atoms with Gasteiger partial charge in [0.25, 0.3) is 11.9 Å². The van der Waals surface area contributed by atoms with E-state index in [0.717, 1.165) is 11.3 Å². The molecule has 9 nitrogen and oxygen atoms in total. The highest BCUT2D eigenvalue weighted by Gasteiger charge is 2.32. The summed E-state index contributed by atoms with van der Waals surface area (Å²) in [6, 6.07) is 16.4. The van der Waals surface area contributed by atoms with Crippen LogP contribution >= 0.6 is 0 Å². The molecule has 0 saturated heterocycles. The van der Waals surface area contributed by atoms with Crippen molar-refractivity contribution in [2.75, 3.05) is 24.2 Å². The highest BCUT2D eigenvalue weighted by molar-refractivity contribution is 6.06. The minimum absolute atomic E-state index is 0.0167. The molecule has 2 heterocycles. The molecule has 0 bridgehead atoms. The second-order valence-corrected chi connectivity index (χ2v) is 11.8. The minimum atomic E-state index is -1.10. The van der Waals surface area contributed by atoms with Gasteiger partial charge >= 0.3 is 5.63 Å². The normalized spacial score (nSPS) is 11.8. The third kappa shape index (κ3) is 6.80. The number of hydrogen-bond acceptors (Lipinski definition) is 7. The average molecular weight is 556 g/mol. The van der Waals surface area contributed by atoms with E-state index < -0.39 is 11.2 Å². The average Bonchev–Trinajstić information content (AvgIpc) is 2.92. The van der Waals surface area contributed by atoms with E-state index in [4.69, 9.17) is 4.42 Å². The third-order valence-electron chi connectivity index (χ3n) is 7.05. The van der Waals surface area contributed by atoms with Crippen LogP contribution in [-0.4, -0.2) is 45.8 Å². The van der Waals surface area contributed by atoms with Crippen LogP contribution in [0.25, 0.3) is 10.9 Å². The maximum absolute atomic E-state index is 13.2. The summed E-state index contributed by atoms with van der Waals surface area (Å²) in [5, 5.41) is 6.13. The Kier molecular flexibility index (Phi) is 8.28. The highest BCUT2D eigenvalue weighted by atomic mass is 16.4. The Labute approximate surface area is 240 Å². The fourth-order valence-electron chi connectivity index (χ4n) is 4.55. The van der Waals surface area contributed by atoms with E-state index in [-0.39, 0.29) is 28.6 Å². The summed E-state index contributed by atoms with van der Waals surface area (Å²) in [5.74, 6) is -0.473. The first-order valence-electron chi connectivity index (χ1n) is 13.6. The van der Waals surface area contributed by atoms with Crippen molar-refractivity contribution in [1.82, 2.24) is 14.9 Å². The summed E-state index contributed by atoms with van der Waals surface area (Å²) in [5.41, 5.74) is 2.22. The molecule has 4 aromatic rings. The van der Waals surface area contributed by atoms with Crippen molar-refractivity contribution in [2.24, 2.45) is 0 Å². The fourth-order valence-corrected chi connectivity index (χ4v) is 4.55. The lowest BCUT2D eigenvalue weighted by Gasteiger charge is -2.30. The van der Waals surface area contributed by atoms with Gasteiger partial charge in [-0.3, -0.25) is 14.6 Å². The molecule has 0 atom stereocenters. The number of rotatable bonds is 8. The molecule has 0 aliphatic rings. The molecule has 2 amide bonds. The van der Waals surface area contributed by atoms with Crippen molar-refractivity contribution >= 4 is 34.4 Å². The predicted octanol–water partition coefficient (Wildman–Crippen LogP) is 5.33. The number of benzene rings is 2. The molecule has 0 radical (unpaired) electrons. The van der Waals surface area contributed by atoms with Crippen molar-refractivity contribution in [3.63, 3.8) is 0 Å². The van der Waals surface area contributed by atoms with Gasteiger partial charge in [-0.15, -0.1) is 0 Å². The highest BCUT2D eigenvalue weighted by Crippen LogP contribution is 2.26. The van der Waals surface area contributed by atoms with E-state index in [0.29, 0.717) is 35.3 Å². The van der Waals surface area contributed by atoms with Crippen LogP contribution in [0.5, 0.6) is 0 Å². The van der Waals surface area contributed by atoms with Gasteiger partial charge in [-0.05, 0) is 73.7 Å². The molecular weight excluding hydrogens is 518 g/mol. The molecule has 9 heteroatoms. The number of pyridine rings is 1. The van der Waals surface area contributed by atoms with Gasteiger partial charge in [0.15, 0.2) is 0 Å². The second-order valence-electron chi connectivity index (χ2n) is 11.8. The Bertz CT molecular complexity index is 1620. The smallest absolute Gasteiger partial charge is 0.348 e. The summed E-state index contributed by atoms with van der Waals surface area (Å²) in [6.45, 7) is 12.0. The maximum atomic E-state index is 13.2. The molecule has 214 valence electrons. The molecule has 0 aliphatic heterocycles. The lowest BCUT2D eigenvalue weighted by molar-refractivity contribution is -0.133. The summed E-state index contributed by atoms with van der Waals surface area (Å²) in [7, 11) is 1.72. The summed E-state index contributed by atoms with van der Waals surface area (Å²) < 4.78 is 5.48. The SMILES string of the molecule is Cc1c(NC(=O)c2ccc(C(C)(C)C)cc2)ccc2nc(NC(C)(C)C(=O)N(C)CCc3ccccn3)oc(=O)c12. The molecule has 2 N–H and O–H groups in total. The number of aryl methyl sites for hydroxylation is 1. The van der Waals surface area contributed by atoms with Gasteiger partial charge in [-0.1, -0.05) is 39.0 Å². The van der Waals surface area contributed by atoms with Crippen molar-refractivity contribution in [3.8, 4) is 0 Å². The number of hydrogen-bond donors (Lipinski definition) is 2. The van der Waals surface area contributed by atoms with Crippen molar-refractivity contribution < 1.29 is 14.0 Å². The zero-order valence-electron chi connectivity index (χ0n) is 24.7. The summed E-state index contributed by atoms with van der Waals surface area (Å²) >= 11 is 0. The Morgan fingerprint density at radius 1 is 0.976 bits per heavy atom. The molecule has 2 aromatic carbocycles. The Hall–Kier alpha value is -4.53.